The summed E-state index contributed by atoms with van der Waals surface area (Å²) in [5, 5.41) is 13.0. The van der Waals surface area contributed by atoms with Gasteiger partial charge in [-0.25, -0.2) is 4.98 Å². The number of aromatic nitrogens is 2. The summed E-state index contributed by atoms with van der Waals surface area (Å²) in [6, 6.07) is 12.4. The predicted molar refractivity (Wildman–Crippen MR) is 102 cm³/mol. The molecule has 0 spiro atoms. The molecule has 0 saturated heterocycles. The van der Waals surface area contributed by atoms with Crippen LogP contribution in [0.5, 0.6) is 0 Å². The second-order valence-corrected chi connectivity index (χ2v) is 7.11. The minimum atomic E-state index is -0.662. The van der Waals surface area contributed by atoms with Gasteiger partial charge in [-0.15, -0.1) is 0 Å². The van der Waals surface area contributed by atoms with Gasteiger partial charge in [-0.05, 0) is 49.9 Å². The van der Waals surface area contributed by atoms with Crippen LogP contribution in [0.25, 0.3) is 5.65 Å². The van der Waals surface area contributed by atoms with Gasteiger partial charge >= 0.3 is 0 Å². The van der Waals surface area contributed by atoms with E-state index < -0.39 is 5.60 Å². The van der Waals surface area contributed by atoms with Gasteiger partial charge in [0.1, 0.15) is 11.3 Å². The fourth-order valence-corrected chi connectivity index (χ4v) is 3.39. The number of amides is 1. The zero-order chi connectivity index (χ0) is 18.9. The van der Waals surface area contributed by atoms with Crippen molar-refractivity contribution in [2.45, 2.75) is 37.7 Å². The summed E-state index contributed by atoms with van der Waals surface area (Å²) in [4.78, 5) is 29.2. The molecule has 3 aromatic rings. The van der Waals surface area contributed by atoms with E-state index in [1.165, 1.54) is 6.20 Å². The van der Waals surface area contributed by atoms with Crippen LogP contribution in [0.2, 0.25) is 0 Å². The second kappa shape index (κ2) is 6.96. The number of nitrogens with zero attached hydrogens (tertiary/aromatic N) is 2. The maximum absolute atomic E-state index is 12.6. The zero-order valence-electron chi connectivity index (χ0n) is 14.9. The van der Waals surface area contributed by atoms with Crippen molar-refractivity contribution in [3.8, 4) is 0 Å². The molecule has 2 N–H and O–H groups in total. The highest BCUT2D eigenvalue weighted by atomic mass is 16.3. The normalized spacial score (nSPS) is 15.3. The van der Waals surface area contributed by atoms with Crippen molar-refractivity contribution < 1.29 is 14.7 Å². The number of carbonyl (C=O) groups is 2. The molecule has 1 aromatic carbocycles. The number of fused-ring (bicyclic) bond motifs is 1. The van der Waals surface area contributed by atoms with Crippen molar-refractivity contribution in [2.75, 3.05) is 5.32 Å². The van der Waals surface area contributed by atoms with Gasteiger partial charge in [-0.3, -0.25) is 14.0 Å². The molecule has 0 bridgehead atoms. The van der Waals surface area contributed by atoms with E-state index in [9.17, 15) is 14.7 Å². The molecule has 2 heterocycles. The van der Waals surface area contributed by atoms with E-state index in [0.29, 0.717) is 35.4 Å². The number of rotatable bonds is 6. The molecule has 0 atom stereocenters. The number of pyridine rings is 1. The maximum atomic E-state index is 12.6. The quantitative estimate of drug-likeness (QED) is 0.657. The highest BCUT2D eigenvalue weighted by Crippen LogP contribution is 2.35. The van der Waals surface area contributed by atoms with E-state index in [-0.39, 0.29) is 11.7 Å². The average Bonchev–Trinajstić information content (AvgIpc) is 3.09. The van der Waals surface area contributed by atoms with Crippen molar-refractivity contribution in [1.29, 1.82) is 0 Å². The van der Waals surface area contributed by atoms with E-state index in [2.05, 4.69) is 10.3 Å². The SMILES string of the molecule is O=C(CCC1(O)CCC1)c1cccc(NC(=O)c2cnc3ccccn23)c1. The van der Waals surface area contributed by atoms with Crippen molar-refractivity contribution in [1.82, 2.24) is 9.38 Å². The van der Waals surface area contributed by atoms with Crippen LogP contribution in [0.1, 0.15) is 53.0 Å². The number of carbonyl (C=O) groups excluding carboxylic acids is 2. The Bertz CT molecular complexity index is 1000. The summed E-state index contributed by atoms with van der Waals surface area (Å²) in [5.41, 5.74) is 1.55. The molecule has 6 nitrogen and oxygen atoms in total. The molecular weight excluding hydrogens is 342 g/mol. The summed E-state index contributed by atoms with van der Waals surface area (Å²) >= 11 is 0. The Labute approximate surface area is 156 Å². The Balaban J connectivity index is 1.45. The Kier molecular flexibility index (Phi) is 4.49. The number of nitrogens with one attached hydrogen (secondary N) is 1. The highest BCUT2D eigenvalue weighted by Gasteiger charge is 2.34. The zero-order valence-corrected chi connectivity index (χ0v) is 14.9. The molecule has 0 radical (unpaired) electrons. The number of ketones is 1. The van der Waals surface area contributed by atoms with E-state index in [4.69, 9.17) is 0 Å². The third-order valence-corrected chi connectivity index (χ3v) is 5.19. The molecule has 1 aliphatic carbocycles. The van der Waals surface area contributed by atoms with Gasteiger partial charge in [0.05, 0.1) is 11.8 Å². The van der Waals surface area contributed by atoms with E-state index in [1.807, 2.05) is 18.2 Å². The molecule has 27 heavy (non-hydrogen) atoms. The van der Waals surface area contributed by atoms with Crippen molar-refractivity contribution in [2.24, 2.45) is 0 Å². The molecule has 6 heteroatoms. The monoisotopic (exact) mass is 363 g/mol. The van der Waals surface area contributed by atoms with Crippen LogP contribution in [0.4, 0.5) is 5.69 Å². The Hall–Kier alpha value is -2.99. The van der Waals surface area contributed by atoms with Crippen LogP contribution in [-0.4, -0.2) is 31.8 Å². The van der Waals surface area contributed by atoms with Gasteiger partial charge in [0.15, 0.2) is 5.78 Å². The molecule has 0 aliphatic heterocycles. The Morgan fingerprint density at radius 3 is 2.81 bits per heavy atom. The molecule has 0 unspecified atom stereocenters. The largest absolute Gasteiger partial charge is 0.390 e. The van der Waals surface area contributed by atoms with Crippen molar-refractivity contribution >= 4 is 23.0 Å². The van der Waals surface area contributed by atoms with Gasteiger partial charge in [0.2, 0.25) is 0 Å². The molecule has 4 rings (SSSR count). The predicted octanol–water partition coefficient (Wildman–Crippen LogP) is 3.46. The van der Waals surface area contributed by atoms with Gasteiger partial charge < -0.3 is 10.4 Å². The minimum Gasteiger partial charge on any atom is -0.390 e. The second-order valence-electron chi connectivity index (χ2n) is 7.11. The lowest BCUT2D eigenvalue weighted by atomic mass is 9.76. The van der Waals surface area contributed by atoms with Crippen molar-refractivity contribution in [3.63, 3.8) is 0 Å². The lowest BCUT2D eigenvalue weighted by Crippen LogP contribution is -2.37. The molecule has 138 valence electrons. The summed E-state index contributed by atoms with van der Waals surface area (Å²) < 4.78 is 1.71. The number of imidazole rings is 1. The van der Waals surface area contributed by atoms with Crippen LogP contribution in [0.3, 0.4) is 0 Å². The molecule has 2 aromatic heterocycles. The number of Topliss-reactive ketones (excluding diaryl/α,β-unsaturated/α-hetero) is 1. The summed E-state index contributed by atoms with van der Waals surface area (Å²) in [5.74, 6) is -0.316. The van der Waals surface area contributed by atoms with Crippen LogP contribution >= 0.6 is 0 Å². The number of hydrogen-bond acceptors (Lipinski definition) is 4. The van der Waals surface area contributed by atoms with Crippen LogP contribution in [0.15, 0.2) is 54.9 Å². The standard InChI is InChI=1S/C21H21N3O3/c25-18(8-11-21(27)9-4-10-21)15-5-3-6-16(13-15)23-20(26)17-14-22-19-7-1-2-12-24(17)19/h1-3,5-7,12-14,27H,4,8-11H2,(H,23,26). The summed E-state index contributed by atoms with van der Waals surface area (Å²) in [6.07, 6.45) is 6.67. The smallest absolute Gasteiger partial charge is 0.274 e. The minimum absolute atomic E-state index is 0.0266. The Morgan fingerprint density at radius 1 is 1.19 bits per heavy atom. The first-order valence-electron chi connectivity index (χ1n) is 9.13. The number of anilines is 1. The first-order chi connectivity index (χ1) is 13.0. The lowest BCUT2D eigenvalue weighted by molar-refractivity contribution is -0.0401. The molecule has 1 amide bonds. The van der Waals surface area contributed by atoms with Gasteiger partial charge in [0, 0.05) is 23.9 Å². The maximum Gasteiger partial charge on any atom is 0.274 e. The molecule has 1 fully saturated rings. The van der Waals surface area contributed by atoms with Gasteiger partial charge in [0.25, 0.3) is 5.91 Å². The fourth-order valence-electron chi connectivity index (χ4n) is 3.39. The average molecular weight is 363 g/mol. The lowest BCUT2D eigenvalue weighted by Gasteiger charge is -2.36. The van der Waals surface area contributed by atoms with Gasteiger partial charge in [-0.1, -0.05) is 18.2 Å². The fraction of sp³-hybridized carbons (Fsp3) is 0.286. The Morgan fingerprint density at radius 2 is 2.04 bits per heavy atom. The van der Waals surface area contributed by atoms with Gasteiger partial charge in [-0.2, -0.15) is 0 Å². The third-order valence-electron chi connectivity index (χ3n) is 5.19. The summed E-state index contributed by atoms with van der Waals surface area (Å²) in [7, 11) is 0. The summed E-state index contributed by atoms with van der Waals surface area (Å²) in [6.45, 7) is 0. The topological polar surface area (TPSA) is 83.7 Å². The highest BCUT2D eigenvalue weighted by molar-refractivity contribution is 6.04. The third kappa shape index (κ3) is 3.61. The van der Waals surface area contributed by atoms with E-state index >= 15 is 0 Å². The van der Waals surface area contributed by atoms with E-state index in [0.717, 1.165) is 19.3 Å². The molecule has 1 aliphatic rings. The molecule has 1 saturated carbocycles. The van der Waals surface area contributed by atoms with Crippen molar-refractivity contribution in [3.05, 3.63) is 66.1 Å². The van der Waals surface area contributed by atoms with Crippen LogP contribution < -0.4 is 5.32 Å². The number of benzene rings is 1. The first kappa shape index (κ1) is 17.4. The molecular formula is C21H21N3O3. The first-order valence-corrected chi connectivity index (χ1v) is 9.13. The van der Waals surface area contributed by atoms with Crippen LogP contribution in [-0.2, 0) is 0 Å². The van der Waals surface area contributed by atoms with Crippen LogP contribution in [0, 0.1) is 0 Å². The number of aliphatic hydroxyl groups is 1. The number of hydrogen-bond donors (Lipinski definition) is 2. The van der Waals surface area contributed by atoms with E-state index in [1.54, 1.807) is 34.9 Å².